The summed E-state index contributed by atoms with van der Waals surface area (Å²) in [7, 11) is 1.40. The fourth-order valence-electron chi connectivity index (χ4n) is 2.40. The van der Waals surface area contributed by atoms with Crippen LogP contribution in [0.25, 0.3) is 0 Å². The van der Waals surface area contributed by atoms with Gasteiger partial charge in [-0.1, -0.05) is 13.0 Å². The standard InChI is InChI=1S/C14H25NO3/c1-6-7-10(2)12(4)15-8-11(3)18-13(9-15)14(16)17-5/h6,10-13H,1,7-9H2,2-5H3/t10-,11+,12+,13-/m0/s1. The number of rotatable bonds is 5. The van der Waals surface area contributed by atoms with Crippen LogP contribution in [0, 0.1) is 5.92 Å². The molecule has 1 heterocycles. The summed E-state index contributed by atoms with van der Waals surface area (Å²) in [5, 5.41) is 0. The third-order valence-corrected chi connectivity index (χ3v) is 3.69. The number of methoxy groups -OCH3 is 1. The molecule has 0 radical (unpaired) electrons. The maximum Gasteiger partial charge on any atom is 0.336 e. The molecule has 1 aliphatic rings. The highest BCUT2D eigenvalue weighted by molar-refractivity contribution is 5.75. The van der Waals surface area contributed by atoms with Crippen LogP contribution in [0.15, 0.2) is 12.7 Å². The molecule has 0 saturated carbocycles. The first-order valence-corrected chi connectivity index (χ1v) is 6.57. The molecule has 0 spiro atoms. The molecule has 1 rings (SSSR count). The van der Waals surface area contributed by atoms with Crippen molar-refractivity contribution in [3.05, 3.63) is 12.7 Å². The van der Waals surface area contributed by atoms with Crippen molar-refractivity contribution in [2.24, 2.45) is 5.92 Å². The summed E-state index contributed by atoms with van der Waals surface area (Å²) in [4.78, 5) is 13.9. The Bertz CT molecular complexity index is 293. The molecule has 0 aromatic carbocycles. The summed E-state index contributed by atoms with van der Waals surface area (Å²) < 4.78 is 10.4. The first kappa shape index (κ1) is 15.2. The lowest BCUT2D eigenvalue weighted by molar-refractivity contribution is -0.168. The molecule has 0 aliphatic carbocycles. The van der Waals surface area contributed by atoms with Gasteiger partial charge in [0.2, 0.25) is 0 Å². The molecule has 0 aromatic rings. The largest absolute Gasteiger partial charge is 0.467 e. The Morgan fingerprint density at radius 1 is 1.56 bits per heavy atom. The molecule has 4 nitrogen and oxygen atoms in total. The van der Waals surface area contributed by atoms with Gasteiger partial charge in [0.25, 0.3) is 0 Å². The summed E-state index contributed by atoms with van der Waals surface area (Å²) >= 11 is 0. The monoisotopic (exact) mass is 255 g/mol. The minimum absolute atomic E-state index is 0.0567. The fourth-order valence-corrected chi connectivity index (χ4v) is 2.40. The van der Waals surface area contributed by atoms with E-state index < -0.39 is 6.10 Å². The van der Waals surface area contributed by atoms with E-state index in [9.17, 15) is 4.79 Å². The SMILES string of the molecule is C=CC[C@H](C)[C@@H](C)N1C[C@@H](C)O[C@H](C(=O)OC)C1. The van der Waals surface area contributed by atoms with Crippen LogP contribution in [0.1, 0.15) is 27.2 Å². The number of allylic oxidation sites excluding steroid dienone is 1. The molecule has 1 saturated heterocycles. The Morgan fingerprint density at radius 3 is 2.78 bits per heavy atom. The van der Waals surface area contributed by atoms with E-state index in [4.69, 9.17) is 9.47 Å². The van der Waals surface area contributed by atoms with Crippen molar-refractivity contribution >= 4 is 5.97 Å². The number of carbonyl (C=O) groups excluding carboxylic acids is 1. The number of hydrogen-bond donors (Lipinski definition) is 0. The molecule has 4 heteroatoms. The Morgan fingerprint density at radius 2 is 2.22 bits per heavy atom. The zero-order chi connectivity index (χ0) is 13.7. The minimum Gasteiger partial charge on any atom is -0.467 e. The number of ether oxygens (including phenoxy) is 2. The number of hydrogen-bond acceptors (Lipinski definition) is 4. The second kappa shape index (κ2) is 6.90. The van der Waals surface area contributed by atoms with E-state index >= 15 is 0 Å². The van der Waals surface area contributed by atoms with Gasteiger partial charge >= 0.3 is 5.97 Å². The molecule has 0 bridgehead atoms. The number of esters is 1. The van der Waals surface area contributed by atoms with Gasteiger partial charge in [-0.2, -0.15) is 0 Å². The minimum atomic E-state index is -0.461. The highest BCUT2D eigenvalue weighted by Gasteiger charge is 2.34. The van der Waals surface area contributed by atoms with Crippen LogP contribution >= 0.6 is 0 Å². The molecule has 0 unspecified atom stereocenters. The summed E-state index contributed by atoms with van der Waals surface area (Å²) in [6.07, 6.45) is 2.52. The zero-order valence-corrected chi connectivity index (χ0v) is 11.9. The van der Waals surface area contributed by atoms with E-state index in [-0.39, 0.29) is 12.1 Å². The first-order valence-electron chi connectivity index (χ1n) is 6.57. The van der Waals surface area contributed by atoms with Gasteiger partial charge in [0.1, 0.15) is 0 Å². The van der Waals surface area contributed by atoms with Crippen LogP contribution in [0.5, 0.6) is 0 Å². The molecule has 1 fully saturated rings. The highest BCUT2D eigenvalue weighted by Crippen LogP contribution is 2.20. The maximum atomic E-state index is 11.6. The van der Waals surface area contributed by atoms with Crippen molar-refractivity contribution in [3.63, 3.8) is 0 Å². The lowest BCUT2D eigenvalue weighted by Gasteiger charge is -2.40. The normalized spacial score (nSPS) is 28.4. The Hall–Kier alpha value is -0.870. The van der Waals surface area contributed by atoms with Gasteiger partial charge < -0.3 is 9.47 Å². The Labute approximate surface area is 110 Å². The second-order valence-corrected chi connectivity index (χ2v) is 5.15. The lowest BCUT2D eigenvalue weighted by Crippen LogP contribution is -2.54. The van der Waals surface area contributed by atoms with Gasteiger partial charge in [0.15, 0.2) is 6.10 Å². The van der Waals surface area contributed by atoms with Crippen molar-refractivity contribution in [1.82, 2.24) is 4.90 Å². The first-order chi connectivity index (χ1) is 8.49. The maximum absolute atomic E-state index is 11.6. The third-order valence-electron chi connectivity index (χ3n) is 3.69. The van der Waals surface area contributed by atoms with E-state index in [1.807, 2.05) is 13.0 Å². The second-order valence-electron chi connectivity index (χ2n) is 5.15. The molecular weight excluding hydrogens is 230 g/mol. The summed E-state index contributed by atoms with van der Waals surface area (Å²) in [6, 6.07) is 0.404. The van der Waals surface area contributed by atoms with Gasteiger partial charge in [-0.15, -0.1) is 6.58 Å². The molecule has 104 valence electrons. The lowest BCUT2D eigenvalue weighted by atomic mass is 9.97. The Balaban J connectivity index is 2.64. The molecule has 18 heavy (non-hydrogen) atoms. The third kappa shape index (κ3) is 3.82. The smallest absolute Gasteiger partial charge is 0.336 e. The van der Waals surface area contributed by atoms with E-state index in [0.29, 0.717) is 18.5 Å². The molecule has 0 N–H and O–H groups in total. The van der Waals surface area contributed by atoms with Crippen LogP contribution < -0.4 is 0 Å². The van der Waals surface area contributed by atoms with Crippen molar-refractivity contribution < 1.29 is 14.3 Å². The van der Waals surface area contributed by atoms with E-state index in [2.05, 4.69) is 25.3 Å². The van der Waals surface area contributed by atoms with Gasteiger partial charge in [0.05, 0.1) is 13.2 Å². The molecule has 1 aliphatic heterocycles. The zero-order valence-electron chi connectivity index (χ0n) is 11.9. The van der Waals surface area contributed by atoms with Crippen LogP contribution in [-0.2, 0) is 14.3 Å². The van der Waals surface area contributed by atoms with E-state index in [1.54, 1.807) is 0 Å². The molecule has 0 amide bonds. The fraction of sp³-hybridized carbons (Fsp3) is 0.786. The number of nitrogens with zero attached hydrogens (tertiary/aromatic N) is 1. The quantitative estimate of drug-likeness (QED) is 0.555. The van der Waals surface area contributed by atoms with E-state index in [0.717, 1.165) is 13.0 Å². The molecular formula is C14H25NO3. The summed E-state index contributed by atoms with van der Waals surface area (Å²) in [5.41, 5.74) is 0. The molecule has 4 atom stereocenters. The predicted octanol–water partition coefficient (Wildman–Crippen LogP) is 1.85. The Kier molecular flexibility index (Phi) is 5.82. The predicted molar refractivity (Wildman–Crippen MR) is 71.4 cm³/mol. The van der Waals surface area contributed by atoms with Crippen LogP contribution in [0.3, 0.4) is 0 Å². The molecule has 0 aromatic heterocycles. The van der Waals surface area contributed by atoms with Gasteiger partial charge in [-0.3, -0.25) is 4.90 Å². The van der Waals surface area contributed by atoms with Crippen molar-refractivity contribution in [3.8, 4) is 0 Å². The van der Waals surface area contributed by atoms with Crippen molar-refractivity contribution in [2.45, 2.75) is 45.4 Å². The highest BCUT2D eigenvalue weighted by atomic mass is 16.6. The topological polar surface area (TPSA) is 38.8 Å². The number of morpholine rings is 1. The van der Waals surface area contributed by atoms with Crippen LogP contribution in [0.4, 0.5) is 0 Å². The van der Waals surface area contributed by atoms with Crippen molar-refractivity contribution in [2.75, 3.05) is 20.2 Å². The average Bonchev–Trinajstić information content (AvgIpc) is 2.36. The van der Waals surface area contributed by atoms with Gasteiger partial charge in [-0.05, 0) is 26.2 Å². The van der Waals surface area contributed by atoms with Crippen molar-refractivity contribution in [1.29, 1.82) is 0 Å². The summed E-state index contributed by atoms with van der Waals surface area (Å²) in [5.74, 6) is 0.237. The van der Waals surface area contributed by atoms with E-state index in [1.165, 1.54) is 7.11 Å². The van der Waals surface area contributed by atoms with Crippen LogP contribution in [0.2, 0.25) is 0 Å². The summed E-state index contributed by atoms with van der Waals surface area (Å²) in [6.45, 7) is 11.6. The van der Waals surface area contributed by atoms with Gasteiger partial charge in [-0.25, -0.2) is 4.79 Å². The average molecular weight is 255 g/mol. The van der Waals surface area contributed by atoms with Crippen LogP contribution in [-0.4, -0.2) is 49.3 Å². The number of carbonyl (C=O) groups is 1. The van der Waals surface area contributed by atoms with Gasteiger partial charge in [0, 0.05) is 19.1 Å².